The van der Waals surface area contributed by atoms with E-state index in [0.717, 1.165) is 87.4 Å². The van der Waals surface area contributed by atoms with Crippen molar-refractivity contribution < 1.29 is 4.79 Å². The molecule has 2 fully saturated rings. The van der Waals surface area contributed by atoms with Crippen LogP contribution in [-0.4, -0.2) is 83.2 Å². The lowest BCUT2D eigenvalue weighted by Crippen LogP contribution is -2.55. The molecule has 41 heavy (non-hydrogen) atoms. The number of likely N-dealkylation sites (tertiary alicyclic amines) is 1. The van der Waals surface area contributed by atoms with Gasteiger partial charge in [0.1, 0.15) is 5.03 Å². The molecule has 1 amide bonds. The standard InChI is InChI=1S/C33H42ClN5OS/c1-2-41-32-28(9-6-15-36-32)24-38-19-21-39(22-20-38)33(40)31(35)26-12-16-37(17-13-26)18-14-27-23-29(34)10-11-30(27)25-7-4-3-5-8-25/h3-11,15,23,26,31H,2,12-14,16-22,24,35H2,1H3/t31-/m1/s1. The van der Waals surface area contributed by atoms with Gasteiger partial charge in [0.15, 0.2) is 0 Å². The molecule has 2 aromatic carbocycles. The number of carbonyl (C=O) groups excluding carboxylic acids is 1. The van der Waals surface area contributed by atoms with E-state index in [0.29, 0.717) is 0 Å². The molecule has 1 aromatic heterocycles. The Morgan fingerprint density at radius 2 is 1.73 bits per heavy atom. The number of pyridine rings is 1. The number of piperazine rings is 1. The van der Waals surface area contributed by atoms with E-state index in [2.05, 4.69) is 64.2 Å². The molecular formula is C33H42ClN5OS. The first-order valence-electron chi connectivity index (χ1n) is 14.9. The second-order valence-corrected chi connectivity index (χ2v) is 12.8. The average Bonchev–Trinajstić information content (AvgIpc) is 3.01. The average molecular weight is 592 g/mol. The molecule has 3 heterocycles. The highest BCUT2D eigenvalue weighted by Crippen LogP contribution is 2.28. The van der Waals surface area contributed by atoms with Crippen LogP contribution in [0, 0.1) is 5.92 Å². The zero-order valence-electron chi connectivity index (χ0n) is 24.1. The highest BCUT2D eigenvalue weighted by atomic mass is 35.5. The zero-order chi connectivity index (χ0) is 28.6. The molecule has 2 aliphatic heterocycles. The van der Waals surface area contributed by atoms with Crippen LogP contribution in [0.3, 0.4) is 0 Å². The van der Waals surface area contributed by atoms with Crippen molar-refractivity contribution >= 4 is 29.3 Å². The number of aromatic nitrogens is 1. The van der Waals surface area contributed by atoms with Gasteiger partial charge in [0.05, 0.1) is 6.04 Å². The minimum atomic E-state index is -0.410. The third kappa shape index (κ3) is 7.90. The number of nitrogens with two attached hydrogens (primary N) is 1. The lowest BCUT2D eigenvalue weighted by molar-refractivity contribution is -0.136. The summed E-state index contributed by atoms with van der Waals surface area (Å²) in [6.45, 7) is 9.19. The second kappa shape index (κ2) is 14.7. The molecule has 0 spiro atoms. The Balaban J connectivity index is 1.07. The van der Waals surface area contributed by atoms with Crippen molar-refractivity contribution in [1.82, 2.24) is 19.7 Å². The maximum atomic E-state index is 13.3. The SMILES string of the molecule is CCSc1ncccc1CN1CCN(C(=O)[C@H](N)C2CCN(CCc3cc(Cl)ccc3-c3ccccc3)CC2)CC1. The summed E-state index contributed by atoms with van der Waals surface area (Å²) < 4.78 is 0. The molecule has 2 aliphatic rings. The minimum Gasteiger partial charge on any atom is -0.339 e. The summed E-state index contributed by atoms with van der Waals surface area (Å²) in [5.41, 5.74) is 11.6. The van der Waals surface area contributed by atoms with Gasteiger partial charge in [0.25, 0.3) is 0 Å². The van der Waals surface area contributed by atoms with Crippen molar-refractivity contribution in [2.75, 3.05) is 51.6 Å². The molecule has 6 nitrogen and oxygen atoms in total. The van der Waals surface area contributed by atoms with E-state index in [9.17, 15) is 4.79 Å². The summed E-state index contributed by atoms with van der Waals surface area (Å²) >= 11 is 8.16. The predicted molar refractivity (Wildman–Crippen MR) is 170 cm³/mol. The number of carbonyl (C=O) groups is 1. The number of piperidine rings is 1. The van der Waals surface area contributed by atoms with Crippen LogP contribution in [0.15, 0.2) is 71.9 Å². The quantitative estimate of drug-likeness (QED) is 0.317. The fourth-order valence-corrected chi connectivity index (χ4v) is 7.00. The van der Waals surface area contributed by atoms with E-state index in [1.807, 2.05) is 29.3 Å². The van der Waals surface area contributed by atoms with E-state index < -0.39 is 6.04 Å². The first-order valence-corrected chi connectivity index (χ1v) is 16.3. The topological polar surface area (TPSA) is 65.7 Å². The molecule has 0 aliphatic carbocycles. The smallest absolute Gasteiger partial charge is 0.239 e. The molecule has 0 radical (unpaired) electrons. The summed E-state index contributed by atoms with van der Waals surface area (Å²) in [5.74, 6) is 1.38. The molecule has 0 unspecified atom stereocenters. The first-order chi connectivity index (χ1) is 20.0. The third-order valence-corrected chi connectivity index (χ3v) is 9.65. The third-order valence-electron chi connectivity index (χ3n) is 8.48. The maximum Gasteiger partial charge on any atom is 0.239 e. The molecule has 0 bridgehead atoms. The Morgan fingerprint density at radius 1 is 0.976 bits per heavy atom. The summed E-state index contributed by atoms with van der Waals surface area (Å²) in [4.78, 5) is 24.8. The highest BCUT2D eigenvalue weighted by Gasteiger charge is 2.32. The van der Waals surface area contributed by atoms with Crippen molar-refractivity contribution in [3.8, 4) is 11.1 Å². The van der Waals surface area contributed by atoms with Gasteiger partial charge in [-0.2, -0.15) is 0 Å². The number of benzene rings is 2. The van der Waals surface area contributed by atoms with Gasteiger partial charge in [-0.15, -0.1) is 11.8 Å². The number of hydrogen-bond acceptors (Lipinski definition) is 6. The Bertz CT molecular complexity index is 1280. The molecule has 1 atom stereocenters. The summed E-state index contributed by atoms with van der Waals surface area (Å²) in [6, 6.07) is 20.5. The summed E-state index contributed by atoms with van der Waals surface area (Å²) in [6.07, 6.45) is 4.74. The lowest BCUT2D eigenvalue weighted by atomic mass is 9.88. The molecule has 8 heteroatoms. The van der Waals surface area contributed by atoms with Gasteiger partial charge in [-0.05, 0) is 84.5 Å². The molecule has 0 saturated carbocycles. The fourth-order valence-electron chi connectivity index (χ4n) is 6.07. The fraction of sp³-hybridized carbons (Fsp3) is 0.455. The first kappa shape index (κ1) is 30.1. The van der Waals surface area contributed by atoms with Crippen molar-refractivity contribution in [1.29, 1.82) is 0 Å². The van der Waals surface area contributed by atoms with Crippen LogP contribution < -0.4 is 5.73 Å². The van der Waals surface area contributed by atoms with Gasteiger partial charge < -0.3 is 15.5 Å². The highest BCUT2D eigenvalue weighted by molar-refractivity contribution is 7.99. The van der Waals surface area contributed by atoms with E-state index in [1.54, 1.807) is 11.8 Å². The predicted octanol–water partition coefficient (Wildman–Crippen LogP) is 5.44. The number of amides is 1. The lowest BCUT2D eigenvalue weighted by Gasteiger charge is -2.39. The molecular weight excluding hydrogens is 550 g/mol. The van der Waals surface area contributed by atoms with Gasteiger partial charge in [-0.25, -0.2) is 4.98 Å². The normalized spacial score (nSPS) is 18.0. The van der Waals surface area contributed by atoms with Gasteiger partial charge in [0.2, 0.25) is 5.91 Å². The van der Waals surface area contributed by atoms with Crippen LogP contribution in [0.4, 0.5) is 0 Å². The number of nitrogens with zero attached hydrogens (tertiary/aromatic N) is 4. The van der Waals surface area contributed by atoms with Crippen LogP contribution in [0.25, 0.3) is 11.1 Å². The summed E-state index contributed by atoms with van der Waals surface area (Å²) in [7, 11) is 0. The van der Waals surface area contributed by atoms with Crippen LogP contribution in [0.2, 0.25) is 5.02 Å². The summed E-state index contributed by atoms with van der Waals surface area (Å²) in [5, 5.41) is 1.90. The van der Waals surface area contributed by atoms with E-state index in [4.69, 9.17) is 17.3 Å². The van der Waals surface area contributed by atoms with Gasteiger partial charge in [0, 0.05) is 50.5 Å². The Hall–Kier alpha value is -2.42. The van der Waals surface area contributed by atoms with Crippen molar-refractivity contribution in [3.05, 3.63) is 83.0 Å². The van der Waals surface area contributed by atoms with Gasteiger partial charge >= 0.3 is 0 Å². The van der Waals surface area contributed by atoms with Crippen LogP contribution >= 0.6 is 23.4 Å². The zero-order valence-corrected chi connectivity index (χ0v) is 25.6. The minimum absolute atomic E-state index is 0.123. The maximum absolute atomic E-state index is 13.3. The van der Waals surface area contributed by atoms with E-state index in [1.165, 1.54) is 22.3 Å². The van der Waals surface area contributed by atoms with Gasteiger partial charge in [-0.1, -0.05) is 61.0 Å². The van der Waals surface area contributed by atoms with Gasteiger partial charge in [-0.3, -0.25) is 9.69 Å². The Labute approximate surface area is 254 Å². The Kier molecular flexibility index (Phi) is 10.7. The van der Waals surface area contributed by atoms with E-state index >= 15 is 0 Å². The van der Waals surface area contributed by atoms with Crippen LogP contribution in [0.1, 0.15) is 30.9 Å². The second-order valence-electron chi connectivity index (χ2n) is 11.1. The number of hydrogen-bond donors (Lipinski definition) is 1. The number of halogens is 1. The molecule has 218 valence electrons. The van der Waals surface area contributed by atoms with Crippen molar-refractivity contribution in [3.63, 3.8) is 0 Å². The largest absolute Gasteiger partial charge is 0.339 e. The molecule has 3 aromatic rings. The van der Waals surface area contributed by atoms with Crippen molar-refractivity contribution in [2.45, 2.75) is 43.8 Å². The van der Waals surface area contributed by atoms with Crippen LogP contribution in [0.5, 0.6) is 0 Å². The van der Waals surface area contributed by atoms with E-state index in [-0.39, 0.29) is 11.8 Å². The molecule has 2 saturated heterocycles. The van der Waals surface area contributed by atoms with Crippen LogP contribution in [-0.2, 0) is 17.8 Å². The number of rotatable bonds is 10. The monoisotopic (exact) mass is 591 g/mol. The molecule has 5 rings (SSSR count). The molecule has 2 N–H and O–H groups in total. The van der Waals surface area contributed by atoms with Crippen molar-refractivity contribution in [2.24, 2.45) is 11.7 Å². The Morgan fingerprint density at radius 3 is 2.46 bits per heavy atom. The number of thioether (sulfide) groups is 1.